The lowest BCUT2D eigenvalue weighted by Crippen LogP contribution is -2.49. The van der Waals surface area contributed by atoms with E-state index in [-0.39, 0.29) is 17.3 Å². The second-order valence-electron chi connectivity index (χ2n) is 7.04. The summed E-state index contributed by atoms with van der Waals surface area (Å²) < 4.78 is 12.7. The van der Waals surface area contributed by atoms with Crippen LogP contribution in [-0.4, -0.2) is 30.1 Å². The van der Waals surface area contributed by atoms with Gasteiger partial charge in [0.15, 0.2) is 11.7 Å². The maximum absolute atomic E-state index is 12.8. The van der Waals surface area contributed by atoms with E-state index in [1.54, 1.807) is 36.4 Å². The van der Waals surface area contributed by atoms with Crippen LogP contribution >= 0.6 is 55.7 Å². The first-order valence-corrected chi connectivity index (χ1v) is 12.6. The van der Waals surface area contributed by atoms with Crippen molar-refractivity contribution in [3.63, 3.8) is 0 Å². The molecule has 0 atom stereocenters. The predicted octanol–water partition coefficient (Wildman–Crippen LogP) is 5.20. The smallest absolute Gasteiger partial charge is 0.276 e. The molecule has 0 unspecified atom stereocenters. The van der Waals surface area contributed by atoms with Crippen LogP contribution in [0.2, 0.25) is 5.02 Å². The van der Waals surface area contributed by atoms with Crippen LogP contribution in [0.3, 0.4) is 0 Å². The van der Waals surface area contributed by atoms with Gasteiger partial charge in [0.1, 0.15) is 11.5 Å². The molecule has 2 amide bonds. The van der Waals surface area contributed by atoms with Crippen LogP contribution in [-0.2, 0) is 11.2 Å². The summed E-state index contributed by atoms with van der Waals surface area (Å²) >= 11 is 17.8. The first kappa shape index (κ1) is 26.9. The zero-order valence-electron chi connectivity index (χ0n) is 18.1. The summed E-state index contributed by atoms with van der Waals surface area (Å²) in [6, 6.07) is 20.0. The summed E-state index contributed by atoms with van der Waals surface area (Å²) in [7, 11) is 0. The normalized spacial score (nSPS) is 10.3. The summed E-state index contributed by atoms with van der Waals surface area (Å²) in [6.45, 7) is 0.0863. The first-order valence-electron chi connectivity index (χ1n) is 10.3. The molecule has 0 radical (unpaired) electrons. The third-order valence-corrected chi connectivity index (χ3v) is 5.96. The highest BCUT2D eigenvalue weighted by atomic mass is 79.9. The van der Waals surface area contributed by atoms with E-state index < -0.39 is 11.8 Å². The van der Waals surface area contributed by atoms with Crippen molar-refractivity contribution >= 4 is 72.6 Å². The number of amides is 2. The van der Waals surface area contributed by atoms with E-state index in [9.17, 15) is 9.59 Å². The fourth-order valence-electron chi connectivity index (χ4n) is 2.83. The van der Waals surface area contributed by atoms with Crippen molar-refractivity contribution in [3.8, 4) is 11.5 Å². The average molecular weight is 642 g/mol. The fraction of sp³-hybridized carbons (Fsp3) is 0.125. The molecule has 0 saturated heterocycles. The maximum Gasteiger partial charge on any atom is 0.276 e. The van der Waals surface area contributed by atoms with Gasteiger partial charge in [0, 0.05) is 15.4 Å². The van der Waals surface area contributed by atoms with Gasteiger partial charge in [-0.25, -0.2) is 0 Å². The molecule has 3 rings (SSSR count). The van der Waals surface area contributed by atoms with E-state index in [1.807, 2.05) is 30.3 Å². The molecule has 0 saturated carbocycles. The third-order valence-electron chi connectivity index (χ3n) is 4.47. The largest absolute Gasteiger partial charge is 0.492 e. The molecule has 3 aromatic rings. The van der Waals surface area contributed by atoms with E-state index in [0.717, 1.165) is 10.0 Å². The molecule has 0 aromatic heterocycles. The van der Waals surface area contributed by atoms with Crippen molar-refractivity contribution in [2.45, 2.75) is 6.42 Å². The minimum Gasteiger partial charge on any atom is -0.492 e. The number of hydrazine groups is 1. The first-order chi connectivity index (χ1) is 16.8. The Kier molecular flexibility index (Phi) is 10.3. The summed E-state index contributed by atoms with van der Waals surface area (Å²) in [5.41, 5.74) is 6.24. The molecule has 0 aliphatic carbocycles. The number of hydrogen-bond acceptors (Lipinski definition) is 5. The van der Waals surface area contributed by atoms with Gasteiger partial charge in [0.25, 0.3) is 11.8 Å². The molecule has 35 heavy (non-hydrogen) atoms. The lowest BCUT2D eigenvalue weighted by molar-refractivity contribution is -0.123. The van der Waals surface area contributed by atoms with Gasteiger partial charge < -0.3 is 9.47 Å². The van der Waals surface area contributed by atoms with Gasteiger partial charge in [0.2, 0.25) is 0 Å². The number of halogens is 3. The Labute approximate surface area is 229 Å². The van der Waals surface area contributed by atoms with Gasteiger partial charge in [-0.15, -0.1) is 0 Å². The van der Waals surface area contributed by atoms with Gasteiger partial charge in [-0.2, -0.15) is 0 Å². The van der Waals surface area contributed by atoms with Crippen molar-refractivity contribution in [3.05, 3.63) is 91.8 Å². The second kappa shape index (κ2) is 13.4. The molecule has 7 nitrogen and oxygen atoms in total. The molecule has 0 aliphatic rings. The van der Waals surface area contributed by atoms with Crippen molar-refractivity contribution in [2.75, 3.05) is 13.2 Å². The number of thiocarbonyl (C=S) groups is 1. The average Bonchev–Trinajstić information content (AvgIpc) is 2.83. The predicted molar refractivity (Wildman–Crippen MR) is 146 cm³/mol. The Hall–Kier alpha value is -2.66. The van der Waals surface area contributed by atoms with Crippen molar-refractivity contribution < 1.29 is 19.1 Å². The lowest BCUT2D eigenvalue weighted by atomic mass is 10.1. The number of nitrogens with one attached hydrogen (secondary N) is 3. The summed E-state index contributed by atoms with van der Waals surface area (Å²) in [5, 5.41) is 2.78. The van der Waals surface area contributed by atoms with Gasteiger partial charge in [-0.3, -0.25) is 25.8 Å². The maximum atomic E-state index is 12.8. The van der Waals surface area contributed by atoms with Crippen LogP contribution in [0.15, 0.2) is 75.7 Å². The van der Waals surface area contributed by atoms with Gasteiger partial charge in [0.05, 0.1) is 17.2 Å². The molecular formula is C24H20Br2ClN3O4S. The van der Waals surface area contributed by atoms with E-state index in [1.165, 1.54) is 0 Å². The molecule has 0 heterocycles. The fourth-order valence-corrected chi connectivity index (χ4v) is 4.06. The van der Waals surface area contributed by atoms with Gasteiger partial charge in [-0.05, 0) is 54.2 Å². The van der Waals surface area contributed by atoms with Crippen LogP contribution < -0.4 is 25.6 Å². The zero-order chi connectivity index (χ0) is 25.2. The van der Waals surface area contributed by atoms with E-state index in [2.05, 4.69) is 48.0 Å². The molecule has 182 valence electrons. The molecular weight excluding hydrogens is 622 g/mol. The third kappa shape index (κ3) is 8.81. The Morgan fingerprint density at radius 3 is 2.29 bits per heavy atom. The minimum absolute atomic E-state index is 0.0970. The minimum atomic E-state index is -0.520. The topological polar surface area (TPSA) is 88.7 Å². The highest BCUT2D eigenvalue weighted by molar-refractivity contribution is 9.10. The number of benzene rings is 3. The monoisotopic (exact) mass is 639 g/mol. The Bertz CT molecular complexity index is 1210. The van der Waals surface area contributed by atoms with E-state index in [0.29, 0.717) is 34.0 Å². The second-order valence-corrected chi connectivity index (χ2v) is 9.69. The van der Waals surface area contributed by atoms with Crippen molar-refractivity contribution in [2.24, 2.45) is 0 Å². The standard InChI is InChI=1S/C24H20Br2ClN3O4S/c25-16-6-8-20(33-11-10-15-4-2-1-3-5-15)18(12-16)23(32)28-24(35)30-29-22(31)14-34-21-9-7-17(26)13-19(21)27/h1-9,12-13H,10-11,14H2,(H,29,31)(H2,28,30,32,35). The van der Waals surface area contributed by atoms with Crippen molar-refractivity contribution in [1.29, 1.82) is 0 Å². The number of hydrogen-bond donors (Lipinski definition) is 3. The highest BCUT2D eigenvalue weighted by Gasteiger charge is 2.15. The van der Waals surface area contributed by atoms with Crippen LogP contribution in [0.25, 0.3) is 0 Å². The number of ether oxygens (including phenoxy) is 2. The Balaban J connectivity index is 1.48. The zero-order valence-corrected chi connectivity index (χ0v) is 22.9. The Morgan fingerprint density at radius 1 is 0.886 bits per heavy atom. The van der Waals surface area contributed by atoms with E-state index in [4.69, 9.17) is 33.3 Å². The number of carbonyl (C=O) groups excluding carboxylic acids is 2. The lowest BCUT2D eigenvalue weighted by Gasteiger charge is -2.14. The Morgan fingerprint density at radius 2 is 1.57 bits per heavy atom. The molecule has 11 heteroatoms. The van der Waals surface area contributed by atoms with Crippen LogP contribution in [0.5, 0.6) is 11.5 Å². The molecule has 3 N–H and O–H groups in total. The van der Waals surface area contributed by atoms with Crippen LogP contribution in [0, 0.1) is 0 Å². The summed E-state index contributed by atoms with van der Waals surface area (Å²) in [6.07, 6.45) is 0.692. The van der Waals surface area contributed by atoms with Gasteiger partial charge in [-0.1, -0.05) is 73.8 Å². The molecule has 0 bridgehead atoms. The molecule has 3 aromatic carbocycles. The highest BCUT2D eigenvalue weighted by Crippen LogP contribution is 2.27. The quantitative estimate of drug-likeness (QED) is 0.232. The molecule has 0 aliphatic heterocycles. The van der Waals surface area contributed by atoms with Crippen LogP contribution in [0.4, 0.5) is 0 Å². The van der Waals surface area contributed by atoms with E-state index >= 15 is 0 Å². The molecule has 0 spiro atoms. The summed E-state index contributed by atoms with van der Waals surface area (Å²) in [4.78, 5) is 24.8. The molecule has 0 fully saturated rings. The number of rotatable bonds is 8. The van der Waals surface area contributed by atoms with Crippen LogP contribution in [0.1, 0.15) is 15.9 Å². The SMILES string of the molecule is O=C(COc1ccc(Br)cc1Cl)NNC(=S)NC(=O)c1cc(Br)ccc1OCCc1ccccc1. The van der Waals surface area contributed by atoms with Crippen molar-refractivity contribution in [1.82, 2.24) is 16.2 Å². The number of carbonyl (C=O) groups is 2. The summed E-state index contributed by atoms with van der Waals surface area (Å²) in [5.74, 6) is -0.248. The van der Waals surface area contributed by atoms with Gasteiger partial charge >= 0.3 is 0 Å².